The number of alkyl carbamates (subject to hydrolysis) is 1. The zero-order valence-corrected chi connectivity index (χ0v) is 23.7. The van der Waals surface area contributed by atoms with Crippen LogP contribution in [-0.4, -0.2) is 63.1 Å². The van der Waals surface area contributed by atoms with Crippen molar-refractivity contribution in [1.29, 1.82) is 0 Å². The van der Waals surface area contributed by atoms with E-state index >= 15 is 0 Å². The van der Waals surface area contributed by atoms with Gasteiger partial charge in [0.05, 0.1) is 18.7 Å². The Morgan fingerprint density at radius 1 is 1.12 bits per heavy atom. The van der Waals surface area contributed by atoms with E-state index in [1.54, 1.807) is 45.0 Å². The highest BCUT2D eigenvalue weighted by Gasteiger charge is 2.24. The molecular formula is C29H35N5O8. The Hall–Kier alpha value is -4.91. The lowest BCUT2D eigenvalue weighted by molar-refractivity contribution is -0.118. The first-order chi connectivity index (χ1) is 19.9. The second-order valence-corrected chi connectivity index (χ2v) is 10.3. The summed E-state index contributed by atoms with van der Waals surface area (Å²) in [6, 6.07) is 10.9. The Morgan fingerprint density at radius 3 is 2.55 bits per heavy atom. The third-order valence-corrected chi connectivity index (χ3v) is 5.81. The van der Waals surface area contributed by atoms with Gasteiger partial charge in [0, 0.05) is 17.3 Å². The molecule has 3 aromatic rings. The van der Waals surface area contributed by atoms with Gasteiger partial charge in [-0.25, -0.2) is 14.2 Å². The van der Waals surface area contributed by atoms with Crippen molar-refractivity contribution in [2.45, 2.75) is 51.8 Å². The van der Waals surface area contributed by atoms with Gasteiger partial charge in [-0.1, -0.05) is 24.3 Å². The van der Waals surface area contributed by atoms with Crippen LogP contribution in [0.2, 0.25) is 0 Å². The Morgan fingerprint density at radius 2 is 1.86 bits per heavy atom. The molecule has 0 saturated carbocycles. The van der Waals surface area contributed by atoms with Crippen molar-refractivity contribution in [3.05, 3.63) is 76.9 Å². The number of rotatable bonds is 11. The predicted molar refractivity (Wildman–Crippen MR) is 155 cm³/mol. The number of carbonyl (C=O) groups is 4. The number of aromatic nitrogens is 2. The number of nitrogens with zero attached hydrogens (tertiary/aromatic N) is 2. The van der Waals surface area contributed by atoms with Crippen LogP contribution in [0.1, 0.15) is 39.3 Å². The lowest BCUT2D eigenvalue weighted by Crippen LogP contribution is -2.45. The molecule has 13 heteroatoms. The molecule has 0 saturated heterocycles. The van der Waals surface area contributed by atoms with Crippen LogP contribution in [0.4, 0.5) is 15.3 Å². The quantitative estimate of drug-likeness (QED) is 0.249. The number of pyridine rings is 1. The normalized spacial score (nSPS) is 12.2. The van der Waals surface area contributed by atoms with Crippen LogP contribution in [0.15, 0.2) is 65.6 Å². The maximum absolute atomic E-state index is 13.4. The molecule has 0 unspecified atom stereocenters. The number of para-hydroxylation sites is 1. The van der Waals surface area contributed by atoms with E-state index in [1.165, 1.54) is 27.5 Å². The van der Waals surface area contributed by atoms with E-state index in [-0.39, 0.29) is 31.7 Å². The molecule has 0 spiro atoms. The van der Waals surface area contributed by atoms with Crippen molar-refractivity contribution in [3.63, 3.8) is 0 Å². The van der Waals surface area contributed by atoms with Gasteiger partial charge in [0.15, 0.2) is 0 Å². The zero-order valence-electron chi connectivity index (χ0n) is 23.7. The van der Waals surface area contributed by atoms with Crippen molar-refractivity contribution in [2.75, 3.05) is 18.5 Å². The number of primary amides is 1. The van der Waals surface area contributed by atoms with Crippen LogP contribution in [0, 0.1) is 0 Å². The van der Waals surface area contributed by atoms with Crippen molar-refractivity contribution in [3.8, 4) is 0 Å². The average molecular weight is 582 g/mol. The Bertz CT molecular complexity index is 1530. The Labute approximate surface area is 241 Å². The van der Waals surface area contributed by atoms with E-state index in [9.17, 15) is 24.0 Å². The third-order valence-electron chi connectivity index (χ3n) is 5.81. The van der Waals surface area contributed by atoms with Gasteiger partial charge >= 0.3 is 12.2 Å². The summed E-state index contributed by atoms with van der Waals surface area (Å²) in [4.78, 5) is 62.6. The van der Waals surface area contributed by atoms with Gasteiger partial charge in [0.2, 0.25) is 11.8 Å². The molecule has 42 heavy (non-hydrogen) atoms. The Kier molecular flexibility index (Phi) is 10.6. The van der Waals surface area contributed by atoms with Crippen molar-refractivity contribution >= 4 is 40.6 Å². The summed E-state index contributed by atoms with van der Waals surface area (Å²) in [5.74, 6) is -1.37. The smallest absolute Gasteiger partial charge is 0.419 e. The molecule has 3 rings (SSSR count). The molecule has 2 heterocycles. The van der Waals surface area contributed by atoms with E-state index in [2.05, 4.69) is 10.6 Å². The molecule has 224 valence electrons. The van der Waals surface area contributed by atoms with Crippen LogP contribution < -0.4 is 21.9 Å². The largest absolute Gasteiger partial charge is 0.447 e. The van der Waals surface area contributed by atoms with E-state index in [1.807, 2.05) is 12.1 Å². The number of carbonyl (C=O) groups excluding carboxylic acids is 4. The maximum Gasteiger partial charge on any atom is 0.419 e. The predicted octanol–water partition coefficient (Wildman–Crippen LogP) is 2.48. The molecule has 5 N–H and O–H groups in total. The number of allylic oxidation sites excluding steroid dienone is 1. The van der Waals surface area contributed by atoms with Gasteiger partial charge < -0.3 is 35.5 Å². The topological polar surface area (TPSA) is 184 Å². The first-order valence-corrected chi connectivity index (χ1v) is 13.2. The van der Waals surface area contributed by atoms with E-state index < -0.39 is 47.8 Å². The monoisotopic (exact) mass is 581 g/mol. The SMILES string of the molecule is CC(C)(C)OC(=O)n1c(Cn2cccc(NC(=O)[C@H](CC/C=C/C(N)=O)NC(=O)OCCO)c2=O)cc2ccccc21. The third kappa shape index (κ3) is 8.80. The van der Waals surface area contributed by atoms with Crippen molar-refractivity contribution in [1.82, 2.24) is 14.5 Å². The summed E-state index contributed by atoms with van der Waals surface area (Å²) in [6.45, 7) is 4.59. The maximum atomic E-state index is 13.4. The number of nitrogens with one attached hydrogen (secondary N) is 2. The second-order valence-electron chi connectivity index (χ2n) is 10.3. The summed E-state index contributed by atoms with van der Waals surface area (Å²) >= 11 is 0. The molecule has 0 aliphatic rings. The van der Waals surface area contributed by atoms with E-state index in [0.717, 1.165) is 11.5 Å². The summed E-state index contributed by atoms with van der Waals surface area (Å²) in [5, 5.41) is 14.6. The highest BCUT2D eigenvalue weighted by atomic mass is 16.6. The first-order valence-electron chi connectivity index (χ1n) is 13.2. The van der Waals surface area contributed by atoms with Gasteiger partial charge in [0.25, 0.3) is 5.56 Å². The molecule has 13 nitrogen and oxygen atoms in total. The average Bonchev–Trinajstić information content (AvgIpc) is 3.28. The molecule has 2 aromatic heterocycles. The molecule has 0 bridgehead atoms. The lowest BCUT2D eigenvalue weighted by atomic mass is 10.1. The van der Waals surface area contributed by atoms with Crippen molar-refractivity contribution in [2.24, 2.45) is 5.73 Å². The number of nitrogens with two attached hydrogens (primary N) is 1. The molecule has 0 aliphatic heterocycles. The van der Waals surface area contributed by atoms with Crippen LogP contribution in [-0.2, 0) is 25.6 Å². The Balaban J connectivity index is 1.86. The van der Waals surface area contributed by atoms with Crippen LogP contribution >= 0.6 is 0 Å². The number of hydrogen-bond donors (Lipinski definition) is 4. The number of aliphatic hydroxyl groups is 1. The highest BCUT2D eigenvalue weighted by Crippen LogP contribution is 2.22. The second kappa shape index (κ2) is 14.1. The fourth-order valence-corrected chi connectivity index (χ4v) is 4.06. The summed E-state index contributed by atoms with van der Waals surface area (Å²) in [6.07, 6.45) is 2.82. The molecule has 0 aliphatic carbocycles. The summed E-state index contributed by atoms with van der Waals surface area (Å²) in [7, 11) is 0. The van der Waals surface area contributed by atoms with Crippen LogP contribution in [0.3, 0.4) is 0 Å². The molecule has 0 fully saturated rings. The molecule has 3 amide bonds. The molecule has 0 radical (unpaired) electrons. The minimum Gasteiger partial charge on any atom is -0.447 e. The number of aliphatic hydroxyl groups excluding tert-OH is 1. The van der Waals surface area contributed by atoms with E-state index in [0.29, 0.717) is 11.2 Å². The standard InChI is InChI=1S/C29H35N5O8/c1-29(2,3)42-28(40)34-20(17-19-9-4-6-12-23(19)34)18-33-14-8-11-22(26(33)38)31-25(37)21(10-5-7-13-24(30)36)32-27(39)41-16-15-35/h4,6-9,11-14,17,21,35H,5,10,15-16,18H2,1-3H3,(H2,30,36)(H,31,37)(H,32,39)/b13-7+/t21-/m0/s1. The molecule has 1 atom stereocenters. The first kappa shape index (κ1) is 31.6. The number of fused-ring (bicyclic) bond motifs is 1. The fourth-order valence-electron chi connectivity index (χ4n) is 4.06. The molecular weight excluding hydrogens is 546 g/mol. The van der Waals surface area contributed by atoms with Gasteiger partial charge in [-0.15, -0.1) is 0 Å². The molecule has 1 aromatic carbocycles. The lowest BCUT2D eigenvalue weighted by Gasteiger charge is -2.21. The van der Waals surface area contributed by atoms with E-state index in [4.69, 9.17) is 20.3 Å². The number of benzene rings is 1. The summed E-state index contributed by atoms with van der Waals surface area (Å²) in [5.41, 5.74) is 4.83. The number of hydrogen-bond acceptors (Lipinski definition) is 8. The highest BCUT2D eigenvalue weighted by molar-refractivity contribution is 5.96. The van der Waals surface area contributed by atoms with Crippen molar-refractivity contribution < 1.29 is 33.8 Å². The van der Waals surface area contributed by atoms with Gasteiger partial charge in [-0.05, 0) is 64.0 Å². The van der Waals surface area contributed by atoms with Crippen LogP contribution in [0.25, 0.3) is 10.9 Å². The number of ether oxygens (including phenoxy) is 2. The number of anilines is 1. The zero-order chi connectivity index (χ0) is 30.9. The summed E-state index contributed by atoms with van der Waals surface area (Å²) < 4.78 is 13.1. The van der Waals surface area contributed by atoms with Gasteiger partial charge in [-0.3, -0.25) is 14.4 Å². The van der Waals surface area contributed by atoms with Gasteiger partial charge in [0.1, 0.15) is 23.9 Å². The van der Waals surface area contributed by atoms with Crippen LogP contribution in [0.5, 0.6) is 0 Å². The minimum absolute atomic E-state index is 0.0104. The van der Waals surface area contributed by atoms with Gasteiger partial charge in [-0.2, -0.15) is 0 Å². The number of amides is 3. The minimum atomic E-state index is -1.14. The fraction of sp³-hybridized carbons (Fsp3) is 0.345.